The summed E-state index contributed by atoms with van der Waals surface area (Å²) >= 11 is 0. The molecule has 1 amide bonds. The fourth-order valence-corrected chi connectivity index (χ4v) is 1.37. The maximum atomic E-state index is 13.3. The van der Waals surface area contributed by atoms with Gasteiger partial charge in [0, 0.05) is 18.2 Å². The van der Waals surface area contributed by atoms with Crippen LogP contribution in [0.15, 0.2) is 34.9 Å². The Morgan fingerprint density at radius 2 is 2.24 bits per heavy atom. The Balaban J connectivity index is 1.99. The largest absolute Gasteiger partial charge is 0.351 e. The lowest BCUT2D eigenvalue weighted by Crippen LogP contribution is -2.22. The maximum absolute atomic E-state index is 13.3. The zero-order valence-electron chi connectivity index (χ0n) is 9.24. The maximum Gasteiger partial charge on any atom is 0.290 e. The number of benzene rings is 1. The van der Waals surface area contributed by atoms with Crippen molar-refractivity contribution < 1.29 is 13.7 Å². The molecule has 0 atom stereocenters. The molecular formula is C12H11FN2O2. The van der Waals surface area contributed by atoms with Gasteiger partial charge < -0.3 is 9.84 Å². The summed E-state index contributed by atoms with van der Waals surface area (Å²) in [5.41, 5.74) is 1.05. The van der Waals surface area contributed by atoms with Gasteiger partial charge in [0.25, 0.3) is 5.91 Å². The number of aromatic nitrogens is 1. The molecule has 0 spiro atoms. The number of carbonyl (C=O) groups excluding carboxylic acids is 1. The fraction of sp³-hybridized carbons (Fsp3) is 0.167. The third-order valence-corrected chi connectivity index (χ3v) is 2.25. The van der Waals surface area contributed by atoms with Crippen molar-refractivity contribution in [2.24, 2.45) is 0 Å². The first-order valence-electron chi connectivity index (χ1n) is 5.12. The molecule has 2 rings (SSSR count). The molecule has 5 heteroatoms. The van der Waals surface area contributed by atoms with Crippen molar-refractivity contribution >= 4 is 5.91 Å². The second-order valence-corrected chi connectivity index (χ2v) is 3.61. The Hall–Kier alpha value is -2.17. The molecule has 0 aliphatic rings. The first-order valence-corrected chi connectivity index (χ1v) is 5.12. The van der Waals surface area contributed by atoms with Gasteiger partial charge in [-0.1, -0.05) is 23.4 Å². The van der Waals surface area contributed by atoms with E-state index in [2.05, 4.69) is 10.5 Å². The summed E-state index contributed by atoms with van der Waals surface area (Å²) < 4.78 is 18.0. The van der Waals surface area contributed by atoms with Gasteiger partial charge in [-0.2, -0.15) is 0 Å². The monoisotopic (exact) mass is 234 g/mol. The Bertz CT molecular complexity index is 537. The van der Waals surface area contributed by atoms with Crippen LogP contribution in [0.1, 0.15) is 21.8 Å². The molecule has 88 valence electrons. The van der Waals surface area contributed by atoms with Gasteiger partial charge in [-0.05, 0) is 13.0 Å². The van der Waals surface area contributed by atoms with Crippen molar-refractivity contribution in [3.63, 3.8) is 0 Å². The molecule has 2 aromatic rings. The molecule has 1 aromatic carbocycles. The standard InChI is InChI=1S/C12H11FN2O2/c1-8-6-11(17-15-8)12(16)14-7-9-4-2-3-5-10(9)13/h2-6H,7H2,1H3,(H,14,16). The quantitative estimate of drug-likeness (QED) is 0.884. The molecule has 0 bridgehead atoms. The number of aryl methyl sites for hydroxylation is 1. The minimum atomic E-state index is -0.408. The molecule has 0 unspecified atom stereocenters. The van der Waals surface area contributed by atoms with E-state index in [1.54, 1.807) is 25.1 Å². The lowest BCUT2D eigenvalue weighted by Gasteiger charge is -2.03. The molecule has 0 radical (unpaired) electrons. The Labute approximate surface area is 97.4 Å². The third kappa shape index (κ3) is 2.69. The summed E-state index contributed by atoms with van der Waals surface area (Å²) in [6.07, 6.45) is 0. The summed E-state index contributed by atoms with van der Waals surface area (Å²) in [5.74, 6) is -0.630. The van der Waals surface area contributed by atoms with Gasteiger partial charge in [0.1, 0.15) is 5.82 Å². The van der Waals surface area contributed by atoms with E-state index in [4.69, 9.17) is 4.52 Å². The van der Waals surface area contributed by atoms with Crippen molar-refractivity contribution in [2.45, 2.75) is 13.5 Å². The topological polar surface area (TPSA) is 55.1 Å². The van der Waals surface area contributed by atoms with E-state index in [0.29, 0.717) is 11.3 Å². The number of carbonyl (C=O) groups is 1. The molecule has 17 heavy (non-hydrogen) atoms. The Morgan fingerprint density at radius 1 is 1.47 bits per heavy atom. The van der Waals surface area contributed by atoms with E-state index >= 15 is 0 Å². The smallest absolute Gasteiger partial charge is 0.290 e. The SMILES string of the molecule is Cc1cc(C(=O)NCc2ccccc2F)on1. The highest BCUT2D eigenvalue weighted by Crippen LogP contribution is 2.07. The van der Waals surface area contributed by atoms with Crippen LogP contribution >= 0.6 is 0 Å². The van der Waals surface area contributed by atoms with Crippen LogP contribution in [0.3, 0.4) is 0 Å². The molecule has 0 fully saturated rings. The molecule has 1 aromatic heterocycles. The van der Waals surface area contributed by atoms with Crippen molar-refractivity contribution in [3.05, 3.63) is 53.2 Å². The number of amides is 1. The second-order valence-electron chi connectivity index (χ2n) is 3.61. The molecular weight excluding hydrogens is 223 g/mol. The van der Waals surface area contributed by atoms with Crippen LogP contribution in [0.25, 0.3) is 0 Å². The summed E-state index contributed by atoms with van der Waals surface area (Å²) in [7, 11) is 0. The molecule has 1 N–H and O–H groups in total. The highest BCUT2D eigenvalue weighted by atomic mass is 19.1. The molecule has 4 nitrogen and oxygen atoms in total. The van der Waals surface area contributed by atoms with E-state index in [0.717, 1.165) is 0 Å². The number of nitrogens with zero attached hydrogens (tertiary/aromatic N) is 1. The molecule has 0 saturated carbocycles. The highest BCUT2D eigenvalue weighted by Gasteiger charge is 2.11. The van der Waals surface area contributed by atoms with Gasteiger partial charge in [0.2, 0.25) is 5.76 Å². The number of hydrogen-bond donors (Lipinski definition) is 1. The van der Waals surface area contributed by atoms with E-state index in [9.17, 15) is 9.18 Å². The van der Waals surface area contributed by atoms with Crippen LogP contribution < -0.4 is 5.32 Å². The average Bonchev–Trinajstić information content (AvgIpc) is 2.74. The number of rotatable bonds is 3. The first-order chi connectivity index (χ1) is 8.16. The van der Waals surface area contributed by atoms with Crippen LogP contribution in [0, 0.1) is 12.7 Å². The molecule has 0 saturated heterocycles. The second kappa shape index (κ2) is 4.78. The predicted octanol–water partition coefficient (Wildman–Crippen LogP) is 2.05. The van der Waals surface area contributed by atoms with E-state index < -0.39 is 5.91 Å². The van der Waals surface area contributed by atoms with Crippen LogP contribution in [-0.2, 0) is 6.54 Å². The van der Waals surface area contributed by atoms with Crippen molar-refractivity contribution in [1.82, 2.24) is 10.5 Å². The van der Waals surface area contributed by atoms with Gasteiger partial charge in [-0.15, -0.1) is 0 Å². The lowest BCUT2D eigenvalue weighted by atomic mass is 10.2. The van der Waals surface area contributed by atoms with Crippen molar-refractivity contribution in [3.8, 4) is 0 Å². The minimum Gasteiger partial charge on any atom is -0.351 e. The normalized spacial score (nSPS) is 10.2. The van der Waals surface area contributed by atoms with Crippen LogP contribution in [0.4, 0.5) is 4.39 Å². The molecule has 1 heterocycles. The molecule has 0 aliphatic carbocycles. The van der Waals surface area contributed by atoms with Crippen molar-refractivity contribution in [2.75, 3.05) is 0 Å². The van der Waals surface area contributed by atoms with Crippen LogP contribution in [0.2, 0.25) is 0 Å². The van der Waals surface area contributed by atoms with Gasteiger partial charge in [-0.3, -0.25) is 4.79 Å². The summed E-state index contributed by atoms with van der Waals surface area (Å²) in [6.45, 7) is 1.84. The lowest BCUT2D eigenvalue weighted by molar-refractivity contribution is 0.0913. The first kappa shape index (κ1) is 11.3. The third-order valence-electron chi connectivity index (χ3n) is 2.25. The van der Waals surface area contributed by atoms with E-state index in [1.807, 2.05) is 0 Å². The van der Waals surface area contributed by atoms with E-state index in [-0.39, 0.29) is 18.1 Å². The van der Waals surface area contributed by atoms with Gasteiger partial charge in [-0.25, -0.2) is 4.39 Å². The molecule has 0 aliphatic heterocycles. The van der Waals surface area contributed by atoms with Gasteiger partial charge in [0.05, 0.1) is 5.69 Å². The van der Waals surface area contributed by atoms with Crippen LogP contribution in [0.5, 0.6) is 0 Å². The minimum absolute atomic E-state index is 0.116. The zero-order chi connectivity index (χ0) is 12.3. The van der Waals surface area contributed by atoms with Gasteiger partial charge >= 0.3 is 0 Å². The number of nitrogens with one attached hydrogen (secondary N) is 1. The number of hydrogen-bond acceptors (Lipinski definition) is 3. The summed E-state index contributed by atoms with van der Waals surface area (Å²) in [5, 5.41) is 6.16. The fourth-order valence-electron chi connectivity index (χ4n) is 1.37. The summed E-state index contributed by atoms with van der Waals surface area (Å²) in [4.78, 5) is 11.6. The van der Waals surface area contributed by atoms with Crippen LogP contribution in [-0.4, -0.2) is 11.1 Å². The Morgan fingerprint density at radius 3 is 2.88 bits per heavy atom. The predicted molar refractivity (Wildman–Crippen MR) is 58.8 cm³/mol. The zero-order valence-corrected chi connectivity index (χ0v) is 9.24. The number of halogens is 1. The Kier molecular flexibility index (Phi) is 3.18. The van der Waals surface area contributed by atoms with Gasteiger partial charge in [0.15, 0.2) is 0 Å². The highest BCUT2D eigenvalue weighted by molar-refractivity contribution is 5.91. The summed E-state index contributed by atoms with van der Waals surface area (Å²) in [6, 6.07) is 7.79. The van der Waals surface area contributed by atoms with E-state index in [1.165, 1.54) is 12.1 Å². The average molecular weight is 234 g/mol. The van der Waals surface area contributed by atoms with Crippen molar-refractivity contribution in [1.29, 1.82) is 0 Å².